The molecule has 12 heteroatoms. The van der Waals surface area contributed by atoms with Gasteiger partial charge < -0.3 is 9.67 Å². The van der Waals surface area contributed by atoms with Gasteiger partial charge >= 0.3 is 12.1 Å². The van der Waals surface area contributed by atoms with E-state index >= 15 is 0 Å². The number of benzene rings is 1. The highest BCUT2D eigenvalue weighted by Gasteiger charge is 2.38. The minimum absolute atomic E-state index is 0.125. The summed E-state index contributed by atoms with van der Waals surface area (Å²) >= 11 is 6.16. The van der Waals surface area contributed by atoms with Gasteiger partial charge in [0.05, 0.1) is 11.0 Å². The van der Waals surface area contributed by atoms with Crippen molar-refractivity contribution in [3.8, 4) is 11.1 Å². The number of nitrogens with zero attached hydrogens (tertiary/aromatic N) is 5. The van der Waals surface area contributed by atoms with E-state index in [9.17, 15) is 18.0 Å². The molecule has 0 aliphatic carbocycles. The van der Waals surface area contributed by atoms with Crippen molar-refractivity contribution in [1.29, 1.82) is 0 Å². The summed E-state index contributed by atoms with van der Waals surface area (Å²) in [6.45, 7) is 3.15. The Bertz CT molecular complexity index is 1420. The maximum absolute atomic E-state index is 13.5. The summed E-state index contributed by atoms with van der Waals surface area (Å²) in [4.78, 5) is 37.2. The van der Waals surface area contributed by atoms with Crippen LogP contribution < -0.4 is 4.90 Å². The van der Waals surface area contributed by atoms with Gasteiger partial charge in [0.1, 0.15) is 5.69 Å². The number of carboxylic acid groups (broad SMARTS) is 1. The lowest BCUT2D eigenvalue weighted by atomic mass is 9.98. The number of anilines is 1. The summed E-state index contributed by atoms with van der Waals surface area (Å²) in [5, 5.41) is 7.79. The average Bonchev–Trinajstić information content (AvgIpc) is 3.15. The first-order chi connectivity index (χ1) is 16.6. The monoisotopic (exact) mass is 503 g/mol. The molecule has 0 fully saturated rings. The summed E-state index contributed by atoms with van der Waals surface area (Å²) < 4.78 is 33.8. The molecule has 0 atom stereocenters. The summed E-state index contributed by atoms with van der Waals surface area (Å²) in [5.41, 5.74) is 5.14. The van der Waals surface area contributed by atoms with Gasteiger partial charge in [-0.2, -0.15) is 13.2 Å². The highest BCUT2D eigenvalue weighted by atomic mass is 35.5. The Hall–Kier alpha value is -3.99. The summed E-state index contributed by atoms with van der Waals surface area (Å²) in [7, 11) is 0. The maximum atomic E-state index is 13.5. The number of amides is 1. The van der Waals surface area contributed by atoms with Crippen molar-refractivity contribution in [3.05, 3.63) is 71.3 Å². The van der Waals surface area contributed by atoms with Crippen molar-refractivity contribution in [2.24, 2.45) is 0 Å². The molecule has 0 spiro atoms. The molecule has 0 bridgehead atoms. The van der Waals surface area contributed by atoms with E-state index in [2.05, 4.69) is 15.0 Å². The molecule has 1 aromatic carbocycles. The molecule has 35 heavy (non-hydrogen) atoms. The van der Waals surface area contributed by atoms with Crippen molar-refractivity contribution in [1.82, 2.24) is 19.5 Å². The van der Waals surface area contributed by atoms with Crippen molar-refractivity contribution in [3.63, 3.8) is 0 Å². The number of aliphatic carboxylic acids is 1. The molecule has 1 aliphatic rings. The lowest BCUT2D eigenvalue weighted by Crippen LogP contribution is -2.41. The van der Waals surface area contributed by atoms with Gasteiger partial charge in [0.25, 0.3) is 5.91 Å². The molecule has 0 saturated carbocycles. The van der Waals surface area contributed by atoms with Crippen LogP contribution >= 0.6 is 11.6 Å². The Kier molecular flexibility index (Phi) is 6.44. The van der Waals surface area contributed by atoms with Gasteiger partial charge in [-0.05, 0) is 48.4 Å². The molecule has 8 nitrogen and oxygen atoms in total. The standard InChI is InChI=1S/C21H16ClN5O.C2HF3O2/c1-13-12-14(22)5-6-15(13)17-18-16(4-2-7-23-18)26-10-11-27(20(28)19(17)26)21-24-8-3-9-25-21;3-2(4,5)1(6)7/h2-9,12H,10-11H2,1H3;(H,6,7). The second-order valence-corrected chi connectivity index (χ2v) is 7.95. The number of aryl methyl sites for hydroxylation is 1. The van der Waals surface area contributed by atoms with Crippen LogP contribution in [0, 0.1) is 6.92 Å². The van der Waals surface area contributed by atoms with E-state index in [4.69, 9.17) is 21.5 Å². The van der Waals surface area contributed by atoms with Gasteiger partial charge in [0.15, 0.2) is 0 Å². The van der Waals surface area contributed by atoms with E-state index < -0.39 is 12.1 Å². The molecule has 1 amide bonds. The van der Waals surface area contributed by atoms with Gasteiger partial charge in [-0.15, -0.1) is 0 Å². The fraction of sp³-hybridized carbons (Fsp3) is 0.174. The molecule has 4 heterocycles. The number of rotatable bonds is 2. The van der Waals surface area contributed by atoms with Gasteiger partial charge in [0, 0.05) is 42.3 Å². The predicted octanol–water partition coefficient (Wildman–Crippen LogP) is 4.75. The van der Waals surface area contributed by atoms with Crippen LogP contribution in [0.5, 0.6) is 0 Å². The van der Waals surface area contributed by atoms with Crippen molar-refractivity contribution >= 4 is 40.5 Å². The summed E-state index contributed by atoms with van der Waals surface area (Å²) in [6.07, 6.45) is -0.0389. The zero-order valence-electron chi connectivity index (χ0n) is 18.1. The van der Waals surface area contributed by atoms with Gasteiger partial charge in [-0.25, -0.2) is 14.8 Å². The second-order valence-electron chi connectivity index (χ2n) is 7.51. The highest BCUT2D eigenvalue weighted by Crippen LogP contribution is 2.38. The minimum Gasteiger partial charge on any atom is -0.475 e. The fourth-order valence-corrected chi connectivity index (χ4v) is 4.07. The third-order valence-corrected chi connectivity index (χ3v) is 5.54. The number of alkyl halides is 3. The highest BCUT2D eigenvalue weighted by molar-refractivity contribution is 6.30. The summed E-state index contributed by atoms with van der Waals surface area (Å²) in [6, 6.07) is 11.3. The first-order valence-corrected chi connectivity index (χ1v) is 10.6. The second kappa shape index (κ2) is 9.34. The molecule has 5 rings (SSSR count). The van der Waals surface area contributed by atoms with Crippen LogP contribution in [0.25, 0.3) is 22.2 Å². The molecule has 3 aromatic heterocycles. The number of carbonyl (C=O) groups is 2. The van der Waals surface area contributed by atoms with Crippen LogP contribution in [-0.2, 0) is 11.3 Å². The Labute approximate surface area is 201 Å². The number of hydrogen-bond donors (Lipinski definition) is 1. The lowest BCUT2D eigenvalue weighted by Gasteiger charge is -2.27. The van der Waals surface area contributed by atoms with E-state index in [-0.39, 0.29) is 5.91 Å². The molecule has 0 radical (unpaired) electrons. The molecule has 4 aromatic rings. The van der Waals surface area contributed by atoms with Gasteiger partial charge in [-0.1, -0.05) is 17.7 Å². The van der Waals surface area contributed by atoms with Crippen LogP contribution in [0.3, 0.4) is 0 Å². The van der Waals surface area contributed by atoms with Crippen molar-refractivity contribution < 1.29 is 27.9 Å². The van der Waals surface area contributed by atoms with E-state index in [0.29, 0.717) is 29.8 Å². The molecule has 0 saturated heterocycles. The fourth-order valence-electron chi connectivity index (χ4n) is 3.84. The molecule has 180 valence electrons. The molecular weight excluding hydrogens is 487 g/mol. The third-order valence-electron chi connectivity index (χ3n) is 5.31. The Morgan fingerprint density at radius 1 is 1.06 bits per heavy atom. The molecule has 0 unspecified atom stereocenters. The zero-order chi connectivity index (χ0) is 25.3. The van der Waals surface area contributed by atoms with Gasteiger partial charge in [0.2, 0.25) is 5.95 Å². The van der Waals surface area contributed by atoms with Gasteiger partial charge in [-0.3, -0.25) is 14.7 Å². The number of carbonyl (C=O) groups excluding carboxylic acids is 1. The smallest absolute Gasteiger partial charge is 0.475 e. The maximum Gasteiger partial charge on any atom is 0.490 e. The van der Waals surface area contributed by atoms with E-state index in [1.54, 1.807) is 29.6 Å². The SMILES string of the molecule is Cc1cc(Cl)ccc1-c1c2n(c3cccnc13)CCN(c1ncccn1)C2=O.O=C(O)C(F)(F)F. The lowest BCUT2D eigenvalue weighted by molar-refractivity contribution is -0.192. The molecular formula is C23H17ClF3N5O3. The third kappa shape index (κ3) is 4.67. The van der Waals surface area contributed by atoms with Crippen LogP contribution in [0.15, 0.2) is 55.0 Å². The Balaban J connectivity index is 0.000000364. The zero-order valence-corrected chi connectivity index (χ0v) is 18.9. The van der Waals surface area contributed by atoms with Crippen molar-refractivity contribution in [2.75, 3.05) is 11.4 Å². The average molecular weight is 504 g/mol. The number of pyridine rings is 1. The number of hydrogen-bond acceptors (Lipinski definition) is 5. The normalized spacial score (nSPS) is 13.3. The number of aromatic nitrogens is 4. The van der Waals surface area contributed by atoms with E-state index in [0.717, 1.165) is 27.7 Å². The first kappa shape index (κ1) is 24.1. The number of carboxylic acids is 1. The Morgan fingerprint density at radius 3 is 2.34 bits per heavy atom. The minimum atomic E-state index is -5.08. The van der Waals surface area contributed by atoms with Crippen LogP contribution in [-0.4, -0.2) is 49.2 Å². The van der Waals surface area contributed by atoms with E-state index in [1.807, 2.05) is 41.8 Å². The summed E-state index contributed by atoms with van der Waals surface area (Å²) in [5.74, 6) is -2.47. The predicted molar refractivity (Wildman–Crippen MR) is 122 cm³/mol. The number of halogens is 4. The topological polar surface area (TPSA) is 101 Å². The first-order valence-electron chi connectivity index (χ1n) is 10.2. The largest absolute Gasteiger partial charge is 0.490 e. The molecule has 1 N–H and O–H groups in total. The quantitative estimate of drug-likeness (QED) is 0.423. The van der Waals surface area contributed by atoms with E-state index in [1.165, 1.54) is 0 Å². The molecule has 1 aliphatic heterocycles. The van der Waals surface area contributed by atoms with Crippen LogP contribution in [0.2, 0.25) is 5.02 Å². The van der Waals surface area contributed by atoms with Crippen molar-refractivity contribution in [2.45, 2.75) is 19.6 Å². The number of fused-ring (bicyclic) bond motifs is 3. The van der Waals surface area contributed by atoms with Crippen LogP contribution in [0.4, 0.5) is 19.1 Å². The Morgan fingerprint density at radius 2 is 1.71 bits per heavy atom. The van der Waals surface area contributed by atoms with Crippen LogP contribution in [0.1, 0.15) is 16.1 Å².